The van der Waals surface area contributed by atoms with Gasteiger partial charge >= 0.3 is 0 Å². The van der Waals surface area contributed by atoms with Crippen LogP contribution in [0.1, 0.15) is 32.8 Å². The molecule has 3 nitrogen and oxygen atoms in total. The first-order valence-electron chi connectivity index (χ1n) is 6.69. The standard InChI is InChI=1S/C15H24N2O/c1-4-12-7-5-6-8-14(12)17-15(18)13(9-10-16)11(2)3/h5-8,11,13H,4,9-10,16H2,1-3H3,(H,17,18). The maximum atomic E-state index is 12.2. The van der Waals surface area contributed by atoms with E-state index in [4.69, 9.17) is 5.73 Å². The summed E-state index contributed by atoms with van der Waals surface area (Å²) in [5, 5.41) is 3.03. The van der Waals surface area contributed by atoms with Crippen molar-refractivity contribution in [2.75, 3.05) is 11.9 Å². The second kappa shape index (κ2) is 7.17. The van der Waals surface area contributed by atoms with Crippen LogP contribution in [0.15, 0.2) is 24.3 Å². The quantitative estimate of drug-likeness (QED) is 0.813. The summed E-state index contributed by atoms with van der Waals surface area (Å²) in [5.41, 5.74) is 7.67. The Morgan fingerprint density at radius 2 is 2.00 bits per heavy atom. The van der Waals surface area contributed by atoms with Crippen LogP contribution in [-0.2, 0) is 11.2 Å². The monoisotopic (exact) mass is 248 g/mol. The van der Waals surface area contributed by atoms with E-state index in [-0.39, 0.29) is 11.8 Å². The fraction of sp³-hybridized carbons (Fsp3) is 0.533. The van der Waals surface area contributed by atoms with E-state index in [1.54, 1.807) is 0 Å². The minimum atomic E-state index is -0.0140. The van der Waals surface area contributed by atoms with E-state index in [1.807, 2.05) is 24.3 Å². The van der Waals surface area contributed by atoms with Gasteiger partial charge in [0.25, 0.3) is 0 Å². The van der Waals surface area contributed by atoms with Crippen LogP contribution in [0.4, 0.5) is 5.69 Å². The molecule has 1 aromatic carbocycles. The van der Waals surface area contributed by atoms with E-state index in [0.29, 0.717) is 12.5 Å². The number of aryl methyl sites for hydroxylation is 1. The molecule has 0 spiro atoms. The highest BCUT2D eigenvalue weighted by Gasteiger charge is 2.21. The van der Waals surface area contributed by atoms with Crippen molar-refractivity contribution in [3.05, 3.63) is 29.8 Å². The third-order valence-electron chi connectivity index (χ3n) is 3.28. The van der Waals surface area contributed by atoms with Gasteiger partial charge in [-0.15, -0.1) is 0 Å². The largest absolute Gasteiger partial charge is 0.330 e. The summed E-state index contributed by atoms with van der Waals surface area (Å²) in [6.07, 6.45) is 1.65. The Labute approximate surface area is 110 Å². The maximum Gasteiger partial charge on any atom is 0.227 e. The lowest BCUT2D eigenvalue weighted by molar-refractivity contribution is -0.121. The summed E-state index contributed by atoms with van der Waals surface area (Å²) >= 11 is 0. The number of nitrogens with one attached hydrogen (secondary N) is 1. The van der Waals surface area contributed by atoms with E-state index in [1.165, 1.54) is 5.56 Å². The zero-order valence-corrected chi connectivity index (χ0v) is 11.6. The Morgan fingerprint density at radius 3 is 2.56 bits per heavy atom. The Morgan fingerprint density at radius 1 is 1.33 bits per heavy atom. The molecule has 18 heavy (non-hydrogen) atoms. The molecular weight excluding hydrogens is 224 g/mol. The molecule has 0 heterocycles. The predicted octanol–water partition coefficient (Wildman–Crippen LogP) is 2.81. The number of benzene rings is 1. The number of hydrogen-bond donors (Lipinski definition) is 2. The van der Waals surface area contributed by atoms with Crippen molar-refractivity contribution in [1.82, 2.24) is 0 Å². The van der Waals surface area contributed by atoms with Crippen LogP contribution in [0.5, 0.6) is 0 Å². The van der Waals surface area contributed by atoms with Crippen molar-refractivity contribution < 1.29 is 4.79 Å². The van der Waals surface area contributed by atoms with Gasteiger partial charge in [-0.05, 0) is 36.9 Å². The number of carbonyl (C=O) groups is 1. The van der Waals surface area contributed by atoms with E-state index in [9.17, 15) is 4.79 Å². The molecule has 1 aromatic rings. The fourth-order valence-corrected chi connectivity index (χ4v) is 2.12. The smallest absolute Gasteiger partial charge is 0.227 e. The van der Waals surface area contributed by atoms with E-state index in [2.05, 4.69) is 26.1 Å². The molecule has 0 fully saturated rings. The summed E-state index contributed by atoms with van der Waals surface area (Å²) in [6.45, 7) is 6.76. The Hall–Kier alpha value is -1.35. The van der Waals surface area contributed by atoms with Crippen molar-refractivity contribution >= 4 is 11.6 Å². The van der Waals surface area contributed by atoms with E-state index in [0.717, 1.165) is 18.5 Å². The molecule has 0 bridgehead atoms. The van der Waals surface area contributed by atoms with Crippen molar-refractivity contribution in [3.63, 3.8) is 0 Å². The molecule has 100 valence electrons. The molecule has 0 radical (unpaired) electrons. The molecule has 0 aliphatic rings. The number of anilines is 1. The van der Waals surface area contributed by atoms with Gasteiger partial charge in [-0.1, -0.05) is 39.0 Å². The molecule has 0 aliphatic carbocycles. The first kappa shape index (κ1) is 14.7. The first-order valence-corrected chi connectivity index (χ1v) is 6.69. The van der Waals surface area contributed by atoms with Gasteiger partial charge in [0.05, 0.1) is 0 Å². The van der Waals surface area contributed by atoms with E-state index >= 15 is 0 Å². The van der Waals surface area contributed by atoms with Crippen LogP contribution in [0.2, 0.25) is 0 Å². The highest BCUT2D eigenvalue weighted by atomic mass is 16.1. The number of para-hydroxylation sites is 1. The van der Waals surface area contributed by atoms with Gasteiger partial charge < -0.3 is 11.1 Å². The average molecular weight is 248 g/mol. The lowest BCUT2D eigenvalue weighted by Crippen LogP contribution is -2.29. The molecule has 1 amide bonds. The summed E-state index contributed by atoms with van der Waals surface area (Å²) in [4.78, 5) is 12.2. The lowest BCUT2D eigenvalue weighted by Gasteiger charge is -2.20. The van der Waals surface area contributed by atoms with Crippen LogP contribution in [0.25, 0.3) is 0 Å². The second-order valence-electron chi connectivity index (χ2n) is 4.93. The molecule has 0 aliphatic heterocycles. The topological polar surface area (TPSA) is 55.1 Å². The van der Waals surface area contributed by atoms with Gasteiger partial charge in [-0.2, -0.15) is 0 Å². The number of nitrogens with two attached hydrogens (primary N) is 1. The molecule has 3 heteroatoms. The third kappa shape index (κ3) is 3.84. The lowest BCUT2D eigenvalue weighted by atomic mass is 9.91. The zero-order chi connectivity index (χ0) is 13.5. The predicted molar refractivity (Wildman–Crippen MR) is 76.4 cm³/mol. The molecule has 1 rings (SSSR count). The molecule has 0 saturated heterocycles. The van der Waals surface area contributed by atoms with Gasteiger partial charge in [-0.25, -0.2) is 0 Å². The van der Waals surface area contributed by atoms with Crippen molar-refractivity contribution in [2.24, 2.45) is 17.6 Å². The number of amides is 1. The third-order valence-corrected chi connectivity index (χ3v) is 3.28. The van der Waals surface area contributed by atoms with Gasteiger partial charge in [-0.3, -0.25) is 4.79 Å². The molecule has 0 aromatic heterocycles. The maximum absolute atomic E-state index is 12.2. The normalized spacial score (nSPS) is 12.5. The Bertz CT molecular complexity index is 388. The van der Waals surface area contributed by atoms with Crippen molar-refractivity contribution in [3.8, 4) is 0 Å². The minimum Gasteiger partial charge on any atom is -0.330 e. The minimum absolute atomic E-state index is 0.0140. The molecule has 3 N–H and O–H groups in total. The van der Waals surface area contributed by atoms with Crippen LogP contribution in [0, 0.1) is 11.8 Å². The van der Waals surface area contributed by atoms with Gasteiger partial charge in [0, 0.05) is 11.6 Å². The number of carbonyl (C=O) groups excluding carboxylic acids is 1. The van der Waals surface area contributed by atoms with Gasteiger partial charge in [0.2, 0.25) is 5.91 Å². The SMILES string of the molecule is CCc1ccccc1NC(=O)C(CCN)C(C)C. The first-order chi connectivity index (χ1) is 8.60. The van der Waals surface area contributed by atoms with Crippen LogP contribution in [-0.4, -0.2) is 12.5 Å². The van der Waals surface area contributed by atoms with Crippen molar-refractivity contribution in [2.45, 2.75) is 33.6 Å². The Balaban J connectivity index is 2.79. The van der Waals surface area contributed by atoms with E-state index < -0.39 is 0 Å². The van der Waals surface area contributed by atoms with Gasteiger partial charge in [0.1, 0.15) is 0 Å². The molecule has 1 unspecified atom stereocenters. The number of rotatable bonds is 6. The highest BCUT2D eigenvalue weighted by molar-refractivity contribution is 5.93. The van der Waals surface area contributed by atoms with Crippen molar-refractivity contribution in [1.29, 1.82) is 0 Å². The average Bonchev–Trinajstić information content (AvgIpc) is 2.36. The summed E-state index contributed by atoms with van der Waals surface area (Å²) in [6, 6.07) is 7.94. The van der Waals surface area contributed by atoms with Gasteiger partial charge in [0.15, 0.2) is 0 Å². The molecular formula is C15H24N2O. The van der Waals surface area contributed by atoms with Crippen LogP contribution < -0.4 is 11.1 Å². The zero-order valence-electron chi connectivity index (χ0n) is 11.6. The molecule has 0 saturated carbocycles. The number of hydrogen-bond acceptors (Lipinski definition) is 2. The summed E-state index contributed by atoms with van der Waals surface area (Å²) in [5.74, 6) is 0.374. The molecule has 1 atom stereocenters. The fourth-order valence-electron chi connectivity index (χ4n) is 2.12. The Kier molecular flexibility index (Phi) is 5.86. The summed E-state index contributed by atoms with van der Waals surface area (Å²) < 4.78 is 0. The highest BCUT2D eigenvalue weighted by Crippen LogP contribution is 2.20. The summed E-state index contributed by atoms with van der Waals surface area (Å²) in [7, 11) is 0. The van der Waals surface area contributed by atoms with Crippen LogP contribution in [0.3, 0.4) is 0 Å². The van der Waals surface area contributed by atoms with Crippen LogP contribution >= 0.6 is 0 Å². The second-order valence-corrected chi connectivity index (χ2v) is 4.93.